The van der Waals surface area contributed by atoms with Crippen molar-refractivity contribution < 1.29 is 54.3 Å². The quantitative estimate of drug-likeness (QED) is 0.0862. The highest BCUT2D eigenvalue weighted by Crippen LogP contribution is 2.30. The summed E-state index contributed by atoms with van der Waals surface area (Å²) < 4.78 is 27.4. The highest BCUT2D eigenvalue weighted by Gasteiger charge is 2.52. The monoisotopic (exact) mass is 511 g/mol. The van der Waals surface area contributed by atoms with Crippen molar-refractivity contribution in [1.82, 2.24) is 0 Å². The van der Waals surface area contributed by atoms with Crippen molar-refractivity contribution in [2.75, 3.05) is 13.1 Å². The van der Waals surface area contributed by atoms with E-state index in [0.29, 0.717) is 0 Å². The lowest BCUT2D eigenvalue weighted by atomic mass is 9.96. The number of nitrogens with two attached hydrogens (primary N) is 4. The molecule has 202 valence electrons. The summed E-state index contributed by atoms with van der Waals surface area (Å²) in [5.74, 6) is 0. The Morgan fingerprint density at radius 3 is 1.80 bits per heavy atom. The minimum absolute atomic E-state index is 0.211. The molecule has 3 heterocycles. The molecule has 0 aromatic carbocycles. The SMILES string of the molecule is [N-]=[N+]=NCC1O[C@H](O[C@H]2C(O)[C@H](O[C@H]3OC(CN)[C@@H](O)C(O)[C@@H]3O)C(N)O[C@H]2N)C(O)[C@H](N)[C@@H]1O. The number of azide groups is 1. The Morgan fingerprint density at radius 1 is 0.714 bits per heavy atom. The number of ether oxygens (including phenoxy) is 5. The average molecular weight is 511 g/mol. The van der Waals surface area contributed by atoms with E-state index in [2.05, 4.69) is 10.0 Å². The van der Waals surface area contributed by atoms with E-state index in [9.17, 15) is 30.6 Å². The summed E-state index contributed by atoms with van der Waals surface area (Å²) in [6.45, 7) is -0.533. The van der Waals surface area contributed by atoms with Gasteiger partial charge in [-0.05, 0) is 5.53 Å². The summed E-state index contributed by atoms with van der Waals surface area (Å²) in [6.07, 6.45) is -20.4. The molecule has 3 rings (SSSR count). The summed E-state index contributed by atoms with van der Waals surface area (Å²) in [6, 6.07) is -1.26. The molecule has 0 aromatic heterocycles. The van der Waals surface area contributed by atoms with Crippen LogP contribution in [0.25, 0.3) is 10.4 Å². The first-order valence-electron chi connectivity index (χ1n) is 10.8. The van der Waals surface area contributed by atoms with Crippen LogP contribution in [0, 0.1) is 0 Å². The van der Waals surface area contributed by atoms with E-state index < -0.39 is 92.1 Å². The molecule has 3 saturated heterocycles. The van der Waals surface area contributed by atoms with Gasteiger partial charge in [-0.2, -0.15) is 0 Å². The minimum atomic E-state index is -1.73. The predicted molar refractivity (Wildman–Crippen MR) is 111 cm³/mol. The molecule has 18 heteroatoms. The Morgan fingerprint density at radius 2 is 1.26 bits per heavy atom. The van der Waals surface area contributed by atoms with E-state index in [1.54, 1.807) is 0 Å². The van der Waals surface area contributed by atoms with Gasteiger partial charge in [0.2, 0.25) is 0 Å². The van der Waals surface area contributed by atoms with Gasteiger partial charge in [-0.1, -0.05) is 5.11 Å². The molecule has 0 aromatic rings. The zero-order chi connectivity index (χ0) is 26.0. The van der Waals surface area contributed by atoms with Gasteiger partial charge in [-0.15, -0.1) is 0 Å². The lowest BCUT2D eigenvalue weighted by Gasteiger charge is -2.47. The van der Waals surface area contributed by atoms with Crippen LogP contribution in [0.4, 0.5) is 0 Å². The van der Waals surface area contributed by atoms with Crippen LogP contribution in [0.2, 0.25) is 0 Å². The van der Waals surface area contributed by atoms with Crippen LogP contribution in [0.3, 0.4) is 0 Å². The fraction of sp³-hybridized carbons (Fsp3) is 1.00. The number of rotatable bonds is 7. The van der Waals surface area contributed by atoms with Crippen LogP contribution in [-0.2, 0) is 23.7 Å². The van der Waals surface area contributed by atoms with Crippen LogP contribution in [0.5, 0.6) is 0 Å². The Hall–Kier alpha value is -1.29. The van der Waals surface area contributed by atoms with Crippen LogP contribution < -0.4 is 22.9 Å². The molecule has 0 amide bonds. The van der Waals surface area contributed by atoms with Crippen molar-refractivity contribution >= 4 is 0 Å². The lowest BCUT2D eigenvalue weighted by Crippen LogP contribution is -2.69. The van der Waals surface area contributed by atoms with Gasteiger partial charge in [0.1, 0.15) is 61.3 Å². The molecule has 14 N–H and O–H groups in total. The molecule has 3 aliphatic rings. The third-order valence-corrected chi connectivity index (χ3v) is 6.20. The number of aliphatic hydroxyl groups excluding tert-OH is 6. The van der Waals surface area contributed by atoms with E-state index in [-0.39, 0.29) is 13.1 Å². The van der Waals surface area contributed by atoms with Crippen LogP contribution in [0.1, 0.15) is 0 Å². The zero-order valence-electron chi connectivity index (χ0n) is 18.5. The van der Waals surface area contributed by atoms with Crippen LogP contribution >= 0.6 is 0 Å². The van der Waals surface area contributed by atoms with Gasteiger partial charge >= 0.3 is 0 Å². The third kappa shape index (κ3) is 5.84. The van der Waals surface area contributed by atoms with Gasteiger partial charge in [0, 0.05) is 11.5 Å². The van der Waals surface area contributed by atoms with E-state index in [1.165, 1.54) is 0 Å². The second kappa shape index (κ2) is 11.8. The van der Waals surface area contributed by atoms with Gasteiger partial charge in [0.15, 0.2) is 12.6 Å². The normalized spacial score (nSPS) is 51.0. The van der Waals surface area contributed by atoms with Crippen molar-refractivity contribution in [3.63, 3.8) is 0 Å². The molecule has 0 aliphatic carbocycles. The summed E-state index contributed by atoms with van der Waals surface area (Å²) in [5, 5.41) is 65.0. The van der Waals surface area contributed by atoms with Crippen molar-refractivity contribution in [3.8, 4) is 0 Å². The van der Waals surface area contributed by atoms with Gasteiger partial charge < -0.3 is 77.3 Å². The first-order chi connectivity index (χ1) is 16.5. The van der Waals surface area contributed by atoms with E-state index in [1.807, 2.05) is 0 Å². The van der Waals surface area contributed by atoms with Gasteiger partial charge in [-0.25, -0.2) is 0 Å². The second-order valence-electron chi connectivity index (χ2n) is 8.52. The van der Waals surface area contributed by atoms with E-state index in [4.69, 9.17) is 52.2 Å². The van der Waals surface area contributed by atoms with Crippen molar-refractivity contribution in [2.45, 2.75) is 92.1 Å². The molecule has 0 radical (unpaired) electrons. The van der Waals surface area contributed by atoms with Crippen molar-refractivity contribution in [3.05, 3.63) is 10.4 Å². The number of hydrogen-bond donors (Lipinski definition) is 10. The molecule has 3 aliphatic heterocycles. The fourth-order valence-electron chi connectivity index (χ4n) is 4.11. The van der Waals surface area contributed by atoms with E-state index in [0.717, 1.165) is 0 Å². The number of nitrogens with zero attached hydrogens (tertiary/aromatic N) is 3. The predicted octanol–water partition coefficient (Wildman–Crippen LogP) is -6.43. The van der Waals surface area contributed by atoms with Crippen molar-refractivity contribution in [2.24, 2.45) is 28.0 Å². The number of hydrogen-bond acceptors (Lipinski definition) is 16. The van der Waals surface area contributed by atoms with Gasteiger partial charge in [0.05, 0.1) is 24.8 Å². The highest BCUT2D eigenvalue weighted by atomic mass is 16.7. The molecule has 3 fully saturated rings. The molecule has 18 nitrogen and oxygen atoms in total. The first kappa shape index (κ1) is 28.3. The first-order valence-corrected chi connectivity index (χ1v) is 10.8. The Bertz CT molecular complexity index is 749. The maximum atomic E-state index is 10.9. The second-order valence-corrected chi connectivity index (χ2v) is 8.52. The standard InChI is InChI=1S/C17H33N7O11/c18-1-3-7(26)9(28)10(29)17(31-3)34-13-11(30)12(14(20)35-15(13)21)33-16-8(27)5(19)6(25)4(32-16)2-23-24-22/h3-17,25-30H,1-2,18-21H2/t3?,4?,5-,6-,7-,8?,9?,10+,11?,12+,13+,14-,15?,16-,17-/m1/s1. The molecule has 0 bridgehead atoms. The molecule has 35 heavy (non-hydrogen) atoms. The van der Waals surface area contributed by atoms with Crippen molar-refractivity contribution in [1.29, 1.82) is 0 Å². The summed E-state index contributed by atoms with van der Waals surface area (Å²) >= 11 is 0. The molecule has 0 saturated carbocycles. The molecule has 0 spiro atoms. The minimum Gasteiger partial charge on any atom is -0.389 e. The maximum Gasteiger partial charge on any atom is 0.187 e. The zero-order valence-corrected chi connectivity index (χ0v) is 18.5. The molecular weight excluding hydrogens is 478 g/mol. The smallest absolute Gasteiger partial charge is 0.187 e. The molecule has 15 atom stereocenters. The fourth-order valence-corrected chi connectivity index (χ4v) is 4.11. The Labute approximate surface area is 198 Å². The maximum absolute atomic E-state index is 10.9. The molecular formula is C17H33N7O11. The van der Waals surface area contributed by atoms with Gasteiger partial charge in [0.25, 0.3) is 0 Å². The number of aliphatic hydroxyl groups is 6. The topological polar surface area (TPSA) is 320 Å². The summed E-state index contributed by atoms with van der Waals surface area (Å²) in [5.41, 5.74) is 31.7. The van der Waals surface area contributed by atoms with Crippen LogP contribution in [0.15, 0.2) is 5.11 Å². The highest BCUT2D eigenvalue weighted by molar-refractivity contribution is 4.97. The lowest BCUT2D eigenvalue weighted by molar-refractivity contribution is -0.355. The molecule has 6 unspecified atom stereocenters. The Balaban J connectivity index is 1.73. The van der Waals surface area contributed by atoms with Crippen LogP contribution in [-0.4, -0.2) is 136 Å². The Kier molecular flexibility index (Phi) is 9.57. The van der Waals surface area contributed by atoms with E-state index >= 15 is 0 Å². The third-order valence-electron chi connectivity index (χ3n) is 6.20. The van der Waals surface area contributed by atoms with Gasteiger partial charge in [-0.3, -0.25) is 0 Å². The average Bonchev–Trinajstić information content (AvgIpc) is 2.83. The largest absolute Gasteiger partial charge is 0.389 e. The summed E-state index contributed by atoms with van der Waals surface area (Å²) in [7, 11) is 0. The summed E-state index contributed by atoms with van der Waals surface area (Å²) in [4.78, 5) is 2.58.